The van der Waals surface area contributed by atoms with Gasteiger partial charge in [-0.05, 0) is 120 Å². The summed E-state index contributed by atoms with van der Waals surface area (Å²) in [5, 5.41) is 8.64. The van der Waals surface area contributed by atoms with E-state index in [9.17, 15) is 0 Å². The van der Waals surface area contributed by atoms with Crippen molar-refractivity contribution in [1.29, 1.82) is 0 Å². The summed E-state index contributed by atoms with van der Waals surface area (Å²) in [7, 11) is 0. The molecule has 0 saturated carbocycles. The van der Waals surface area contributed by atoms with Crippen LogP contribution in [0.25, 0.3) is 99.1 Å². The van der Waals surface area contributed by atoms with Gasteiger partial charge in [0.15, 0.2) is 0 Å². The van der Waals surface area contributed by atoms with Crippen LogP contribution >= 0.6 is 0 Å². The minimum absolute atomic E-state index is 0.857. The van der Waals surface area contributed by atoms with Crippen LogP contribution in [-0.2, 0) is 0 Å². The monoisotopic (exact) mass is 815 g/mol. The van der Waals surface area contributed by atoms with E-state index in [0.717, 1.165) is 56.0 Å². The van der Waals surface area contributed by atoms with Crippen LogP contribution in [0.5, 0.6) is 0 Å². The van der Waals surface area contributed by atoms with Crippen LogP contribution in [0.4, 0.5) is 17.1 Å². The van der Waals surface area contributed by atoms with Crippen molar-refractivity contribution in [3.63, 3.8) is 0 Å². The number of hydrogen-bond donors (Lipinski definition) is 0. The van der Waals surface area contributed by atoms with Crippen molar-refractivity contribution in [2.45, 2.75) is 0 Å². The van der Waals surface area contributed by atoms with E-state index in [1.54, 1.807) is 0 Å². The second-order valence-electron chi connectivity index (χ2n) is 16.4. The predicted molar refractivity (Wildman–Crippen MR) is 271 cm³/mol. The lowest BCUT2D eigenvalue weighted by Crippen LogP contribution is -2.10. The van der Waals surface area contributed by atoms with Gasteiger partial charge in [0.05, 0.1) is 0 Å². The molecule has 0 amide bonds. The average molecular weight is 816 g/mol. The first kappa shape index (κ1) is 37.3. The fourth-order valence-electron chi connectivity index (χ4n) is 9.58. The predicted octanol–water partition coefficient (Wildman–Crippen LogP) is 17.7. The zero-order valence-corrected chi connectivity index (χ0v) is 35.0. The summed E-state index contributed by atoms with van der Waals surface area (Å²) in [5.74, 6) is 0.857. The smallest absolute Gasteiger partial charge is 0.143 e. The lowest BCUT2D eigenvalue weighted by molar-refractivity contribution is 0.632. The number of nitrogens with zero attached hydrogens (tertiary/aromatic N) is 1. The molecule has 0 saturated heterocycles. The number of anilines is 3. The van der Waals surface area contributed by atoms with Gasteiger partial charge < -0.3 is 9.32 Å². The van der Waals surface area contributed by atoms with Crippen molar-refractivity contribution >= 4 is 60.3 Å². The van der Waals surface area contributed by atoms with E-state index in [1.165, 1.54) is 60.1 Å². The Labute approximate surface area is 372 Å². The molecule has 0 aliphatic carbocycles. The maximum Gasteiger partial charge on any atom is 0.143 e. The molecule has 2 nitrogen and oxygen atoms in total. The van der Waals surface area contributed by atoms with Crippen molar-refractivity contribution in [2.75, 3.05) is 4.90 Å². The summed E-state index contributed by atoms with van der Waals surface area (Å²) in [4.78, 5) is 2.35. The highest BCUT2D eigenvalue weighted by molar-refractivity contribution is 6.14. The number of para-hydroxylation sites is 1. The van der Waals surface area contributed by atoms with Crippen LogP contribution in [0.1, 0.15) is 0 Å². The maximum atomic E-state index is 6.72. The van der Waals surface area contributed by atoms with Gasteiger partial charge in [-0.25, -0.2) is 0 Å². The Bertz CT molecular complexity index is 3630. The normalized spacial score (nSPS) is 11.4. The molecule has 0 spiro atoms. The van der Waals surface area contributed by atoms with Crippen molar-refractivity contribution in [1.82, 2.24) is 0 Å². The first-order valence-corrected chi connectivity index (χ1v) is 21.9. The number of benzene rings is 11. The first-order chi connectivity index (χ1) is 31.7. The third-order valence-corrected chi connectivity index (χ3v) is 12.7. The third-order valence-electron chi connectivity index (χ3n) is 12.7. The molecule has 64 heavy (non-hydrogen) atoms. The highest BCUT2D eigenvalue weighted by Crippen LogP contribution is 2.44. The molecule has 0 N–H and O–H groups in total. The van der Waals surface area contributed by atoms with Crippen LogP contribution in [-0.4, -0.2) is 0 Å². The van der Waals surface area contributed by atoms with Crippen molar-refractivity contribution < 1.29 is 4.42 Å². The van der Waals surface area contributed by atoms with Gasteiger partial charge in [0.1, 0.15) is 11.3 Å². The summed E-state index contributed by atoms with van der Waals surface area (Å²) in [6.07, 6.45) is 0. The van der Waals surface area contributed by atoms with Crippen LogP contribution in [0.2, 0.25) is 0 Å². The fourth-order valence-corrected chi connectivity index (χ4v) is 9.58. The van der Waals surface area contributed by atoms with E-state index in [2.05, 4.69) is 248 Å². The first-order valence-electron chi connectivity index (χ1n) is 21.9. The van der Waals surface area contributed by atoms with E-state index in [0.29, 0.717) is 0 Å². The minimum atomic E-state index is 0.857. The number of hydrogen-bond acceptors (Lipinski definition) is 2. The SMILES string of the molecule is c1ccc(-c2c(-c3cccc(N(c4ccc(-c5ccc(-c6cccc7ccccc67)cc5)cc4)c4ccc(-c5cc6ccccc6c6ccccc56)cc4)c3)oc3ccccc23)cc1. The molecule has 0 aliphatic rings. The maximum absolute atomic E-state index is 6.72. The Morgan fingerprint density at radius 1 is 0.266 bits per heavy atom. The zero-order valence-electron chi connectivity index (χ0n) is 35.0. The lowest BCUT2D eigenvalue weighted by atomic mass is 9.93. The zero-order chi connectivity index (χ0) is 42.4. The van der Waals surface area contributed by atoms with E-state index in [4.69, 9.17) is 4.42 Å². The van der Waals surface area contributed by atoms with Gasteiger partial charge in [0.2, 0.25) is 0 Å². The summed E-state index contributed by atoms with van der Waals surface area (Å²) in [6, 6.07) is 89.5. The molecular formula is C62H41NO. The van der Waals surface area contributed by atoms with Gasteiger partial charge in [-0.2, -0.15) is 0 Å². The van der Waals surface area contributed by atoms with Gasteiger partial charge >= 0.3 is 0 Å². The van der Waals surface area contributed by atoms with Crippen molar-refractivity contribution in [2.24, 2.45) is 0 Å². The molecule has 11 aromatic carbocycles. The summed E-state index contributed by atoms with van der Waals surface area (Å²) in [6.45, 7) is 0. The summed E-state index contributed by atoms with van der Waals surface area (Å²) in [5.41, 5.74) is 14.5. The molecule has 0 fully saturated rings. The average Bonchev–Trinajstić information content (AvgIpc) is 3.77. The number of fused-ring (bicyclic) bond motifs is 5. The van der Waals surface area contributed by atoms with Crippen LogP contribution < -0.4 is 4.90 Å². The molecule has 12 aromatic rings. The molecular weight excluding hydrogens is 775 g/mol. The molecule has 0 atom stereocenters. The molecule has 0 unspecified atom stereocenters. The largest absolute Gasteiger partial charge is 0.455 e. The Morgan fingerprint density at radius 2 is 0.781 bits per heavy atom. The second-order valence-corrected chi connectivity index (χ2v) is 16.4. The van der Waals surface area contributed by atoms with Gasteiger partial charge in [0.25, 0.3) is 0 Å². The van der Waals surface area contributed by atoms with Gasteiger partial charge in [-0.1, -0.05) is 200 Å². The number of furan rings is 1. The van der Waals surface area contributed by atoms with Gasteiger partial charge in [-0.15, -0.1) is 0 Å². The minimum Gasteiger partial charge on any atom is -0.455 e. The van der Waals surface area contributed by atoms with Crippen LogP contribution in [0.15, 0.2) is 253 Å². The molecule has 0 aliphatic heterocycles. The van der Waals surface area contributed by atoms with E-state index in [1.807, 2.05) is 6.07 Å². The summed E-state index contributed by atoms with van der Waals surface area (Å²) >= 11 is 0. The Hall–Kier alpha value is -8.46. The molecule has 2 heteroatoms. The lowest BCUT2D eigenvalue weighted by Gasteiger charge is -2.26. The molecule has 0 radical (unpaired) electrons. The van der Waals surface area contributed by atoms with E-state index in [-0.39, 0.29) is 0 Å². The Balaban J connectivity index is 0.956. The van der Waals surface area contributed by atoms with E-state index < -0.39 is 0 Å². The quantitative estimate of drug-likeness (QED) is 0.142. The van der Waals surface area contributed by atoms with Gasteiger partial charge in [-0.3, -0.25) is 0 Å². The highest BCUT2D eigenvalue weighted by atomic mass is 16.3. The summed E-state index contributed by atoms with van der Waals surface area (Å²) < 4.78 is 6.72. The number of rotatable bonds is 8. The fraction of sp³-hybridized carbons (Fsp3) is 0. The van der Waals surface area contributed by atoms with Crippen LogP contribution in [0.3, 0.4) is 0 Å². The van der Waals surface area contributed by atoms with Gasteiger partial charge in [0, 0.05) is 33.6 Å². The highest BCUT2D eigenvalue weighted by Gasteiger charge is 2.20. The Morgan fingerprint density at radius 3 is 1.53 bits per heavy atom. The van der Waals surface area contributed by atoms with E-state index >= 15 is 0 Å². The standard InChI is InChI=1S/C62H41NO/c1-2-15-47(16-3-1)61-58-25-10-11-27-60(58)64-62(61)49-19-12-20-52(40-49)63(51-38-34-46(35-39-51)59-41-48-17-5-7-22-55(48)56-23-8-9-24-57(56)59)50-36-32-43(33-37-50)42-28-30-45(31-29-42)54-26-13-18-44-14-4-6-21-53(44)54/h1-41H. The molecule has 1 heterocycles. The second kappa shape index (κ2) is 15.8. The molecule has 1 aromatic heterocycles. The van der Waals surface area contributed by atoms with Crippen LogP contribution in [0, 0.1) is 0 Å². The Kier molecular flexibility index (Phi) is 9.20. The topological polar surface area (TPSA) is 16.4 Å². The van der Waals surface area contributed by atoms with Crippen molar-refractivity contribution in [3.05, 3.63) is 249 Å². The molecule has 300 valence electrons. The molecule has 0 bridgehead atoms. The third kappa shape index (κ3) is 6.61. The molecule has 12 rings (SSSR count). The van der Waals surface area contributed by atoms with Crippen molar-refractivity contribution in [3.8, 4) is 55.8 Å².